The minimum atomic E-state index is 0.531. The number of rotatable bonds is 4. The van der Waals surface area contributed by atoms with Crippen LogP contribution in [-0.4, -0.2) is 67.0 Å². The molecule has 0 saturated carbocycles. The van der Waals surface area contributed by atoms with Crippen LogP contribution in [0.3, 0.4) is 0 Å². The van der Waals surface area contributed by atoms with E-state index in [1.54, 1.807) is 0 Å². The molecule has 2 rings (SSSR count). The summed E-state index contributed by atoms with van der Waals surface area (Å²) in [6.07, 6.45) is 3.67. The molecule has 0 aromatic rings. The monoisotopic (exact) mass is 258 g/mol. The molecule has 2 saturated heterocycles. The van der Waals surface area contributed by atoms with E-state index in [1.807, 2.05) is 0 Å². The summed E-state index contributed by atoms with van der Waals surface area (Å²) in [4.78, 5) is 5.26. The van der Waals surface area contributed by atoms with Crippen LogP contribution in [0.4, 0.5) is 0 Å². The smallest absolute Gasteiger partial charge is 0.0480 e. The van der Waals surface area contributed by atoms with Gasteiger partial charge in [-0.25, -0.2) is 0 Å². The summed E-state index contributed by atoms with van der Waals surface area (Å²) in [6.45, 7) is 10.3. The van der Waals surface area contributed by atoms with E-state index in [9.17, 15) is 0 Å². The second-order valence-electron chi connectivity index (χ2n) is 5.36. The van der Waals surface area contributed by atoms with Crippen molar-refractivity contribution in [3.63, 3.8) is 0 Å². The number of ether oxygens (including phenoxy) is 1. The second-order valence-corrected chi connectivity index (χ2v) is 6.24. The van der Waals surface area contributed by atoms with Crippen LogP contribution >= 0.6 is 12.6 Å². The first-order valence-electron chi connectivity index (χ1n) is 6.98. The number of thiol groups is 1. The Balaban J connectivity index is 1.66. The van der Waals surface area contributed by atoms with Crippen molar-refractivity contribution in [2.45, 2.75) is 37.5 Å². The summed E-state index contributed by atoms with van der Waals surface area (Å²) in [5, 5.41) is 0.531. The number of piperazine rings is 1. The lowest BCUT2D eigenvalue weighted by atomic mass is 10.1. The highest BCUT2D eigenvalue weighted by molar-refractivity contribution is 7.80. The van der Waals surface area contributed by atoms with Crippen LogP contribution in [0, 0.1) is 0 Å². The molecule has 2 fully saturated rings. The SMILES string of the molecule is CC(S)CCN1CCN(C2CCOCC2)CC1. The lowest BCUT2D eigenvalue weighted by Crippen LogP contribution is -2.51. The van der Waals surface area contributed by atoms with Gasteiger partial charge in [-0.3, -0.25) is 4.90 Å². The Morgan fingerprint density at radius 1 is 1.18 bits per heavy atom. The lowest BCUT2D eigenvalue weighted by molar-refractivity contribution is 0.0137. The van der Waals surface area contributed by atoms with Gasteiger partial charge in [0.05, 0.1) is 0 Å². The summed E-state index contributed by atoms with van der Waals surface area (Å²) in [5.74, 6) is 0. The van der Waals surface area contributed by atoms with Crippen LogP contribution in [0.1, 0.15) is 26.2 Å². The van der Waals surface area contributed by atoms with E-state index in [4.69, 9.17) is 4.74 Å². The number of hydrogen-bond donors (Lipinski definition) is 1. The van der Waals surface area contributed by atoms with Crippen LogP contribution in [0.5, 0.6) is 0 Å². The molecule has 0 aromatic heterocycles. The second kappa shape index (κ2) is 6.98. The van der Waals surface area contributed by atoms with Crippen molar-refractivity contribution in [3.8, 4) is 0 Å². The van der Waals surface area contributed by atoms with Crippen molar-refractivity contribution in [1.82, 2.24) is 9.80 Å². The lowest BCUT2D eigenvalue weighted by Gasteiger charge is -2.40. The molecule has 1 unspecified atom stereocenters. The summed E-state index contributed by atoms with van der Waals surface area (Å²) in [5.41, 5.74) is 0. The molecule has 0 spiro atoms. The van der Waals surface area contributed by atoms with Gasteiger partial charge in [0.2, 0.25) is 0 Å². The topological polar surface area (TPSA) is 15.7 Å². The van der Waals surface area contributed by atoms with E-state index in [1.165, 1.54) is 52.0 Å². The predicted molar refractivity (Wildman–Crippen MR) is 74.9 cm³/mol. The predicted octanol–water partition coefficient (Wildman–Crippen LogP) is 1.49. The van der Waals surface area contributed by atoms with Gasteiger partial charge < -0.3 is 9.64 Å². The van der Waals surface area contributed by atoms with Crippen LogP contribution < -0.4 is 0 Å². The Morgan fingerprint density at radius 3 is 2.41 bits per heavy atom. The molecule has 1 atom stereocenters. The average molecular weight is 258 g/mol. The first kappa shape index (κ1) is 13.7. The van der Waals surface area contributed by atoms with E-state index in [2.05, 4.69) is 29.4 Å². The summed E-state index contributed by atoms with van der Waals surface area (Å²) in [7, 11) is 0. The third-order valence-corrected chi connectivity index (χ3v) is 4.24. The average Bonchev–Trinajstić information content (AvgIpc) is 2.38. The highest BCUT2D eigenvalue weighted by Crippen LogP contribution is 2.16. The Kier molecular flexibility index (Phi) is 5.60. The summed E-state index contributed by atoms with van der Waals surface area (Å²) < 4.78 is 5.43. The van der Waals surface area contributed by atoms with Crippen molar-refractivity contribution in [2.24, 2.45) is 0 Å². The van der Waals surface area contributed by atoms with Gasteiger partial charge in [-0.15, -0.1) is 0 Å². The molecule has 2 aliphatic rings. The van der Waals surface area contributed by atoms with E-state index in [0.717, 1.165) is 19.3 Å². The quantitative estimate of drug-likeness (QED) is 0.770. The third-order valence-electron chi connectivity index (χ3n) is 3.98. The van der Waals surface area contributed by atoms with Crippen molar-refractivity contribution in [2.75, 3.05) is 45.9 Å². The Bertz CT molecular complexity index is 211. The zero-order chi connectivity index (χ0) is 12.1. The highest BCUT2D eigenvalue weighted by Gasteiger charge is 2.25. The summed E-state index contributed by atoms with van der Waals surface area (Å²) in [6, 6.07) is 0.787. The molecular weight excluding hydrogens is 232 g/mol. The van der Waals surface area contributed by atoms with Gasteiger partial charge in [0.25, 0.3) is 0 Å². The number of hydrogen-bond acceptors (Lipinski definition) is 4. The first-order valence-corrected chi connectivity index (χ1v) is 7.49. The molecule has 0 aliphatic carbocycles. The molecule has 17 heavy (non-hydrogen) atoms. The molecule has 2 heterocycles. The first-order chi connectivity index (χ1) is 8.25. The van der Waals surface area contributed by atoms with Crippen LogP contribution in [0.15, 0.2) is 0 Å². The Morgan fingerprint density at radius 2 is 1.82 bits per heavy atom. The standard InChI is InChI=1S/C13H26N2OS/c1-12(17)2-5-14-6-8-15(9-7-14)13-3-10-16-11-4-13/h12-13,17H,2-11H2,1H3. The van der Waals surface area contributed by atoms with E-state index < -0.39 is 0 Å². The normalized spacial score (nSPS) is 27.2. The highest BCUT2D eigenvalue weighted by atomic mass is 32.1. The molecular formula is C13H26N2OS. The third kappa shape index (κ3) is 4.43. The molecule has 0 amide bonds. The van der Waals surface area contributed by atoms with Crippen molar-refractivity contribution >= 4 is 12.6 Å². The fraction of sp³-hybridized carbons (Fsp3) is 1.00. The molecule has 100 valence electrons. The van der Waals surface area contributed by atoms with Crippen molar-refractivity contribution in [1.29, 1.82) is 0 Å². The van der Waals surface area contributed by atoms with Crippen molar-refractivity contribution < 1.29 is 4.74 Å². The van der Waals surface area contributed by atoms with E-state index in [0.29, 0.717) is 5.25 Å². The Hall–Kier alpha value is 0.230. The maximum Gasteiger partial charge on any atom is 0.0480 e. The van der Waals surface area contributed by atoms with Gasteiger partial charge in [-0.2, -0.15) is 12.6 Å². The van der Waals surface area contributed by atoms with Gasteiger partial charge in [0, 0.05) is 50.7 Å². The molecule has 0 radical (unpaired) electrons. The van der Waals surface area contributed by atoms with Gasteiger partial charge in [0.1, 0.15) is 0 Å². The summed E-state index contributed by atoms with van der Waals surface area (Å²) >= 11 is 4.45. The minimum absolute atomic E-state index is 0.531. The van der Waals surface area contributed by atoms with E-state index in [-0.39, 0.29) is 0 Å². The maximum atomic E-state index is 5.43. The molecule has 0 N–H and O–H groups in total. The molecule has 4 heteroatoms. The van der Waals surface area contributed by atoms with Gasteiger partial charge >= 0.3 is 0 Å². The van der Waals surface area contributed by atoms with Crippen LogP contribution in [0.25, 0.3) is 0 Å². The zero-order valence-corrected chi connectivity index (χ0v) is 11.9. The van der Waals surface area contributed by atoms with Gasteiger partial charge in [0.15, 0.2) is 0 Å². The van der Waals surface area contributed by atoms with Crippen LogP contribution in [0.2, 0.25) is 0 Å². The largest absolute Gasteiger partial charge is 0.381 e. The minimum Gasteiger partial charge on any atom is -0.381 e. The van der Waals surface area contributed by atoms with Gasteiger partial charge in [-0.1, -0.05) is 6.92 Å². The fourth-order valence-corrected chi connectivity index (χ4v) is 2.89. The Labute approximate surface area is 111 Å². The fourth-order valence-electron chi connectivity index (χ4n) is 2.77. The van der Waals surface area contributed by atoms with E-state index >= 15 is 0 Å². The maximum absolute atomic E-state index is 5.43. The molecule has 3 nitrogen and oxygen atoms in total. The number of nitrogens with zero attached hydrogens (tertiary/aromatic N) is 2. The van der Waals surface area contributed by atoms with Crippen molar-refractivity contribution in [3.05, 3.63) is 0 Å². The molecule has 0 aromatic carbocycles. The van der Waals surface area contributed by atoms with Gasteiger partial charge in [-0.05, 0) is 25.8 Å². The zero-order valence-electron chi connectivity index (χ0n) is 11.0. The molecule has 2 aliphatic heterocycles. The molecule has 0 bridgehead atoms. The van der Waals surface area contributed by atoms with Crippen LogP contribution in [-0.2, 0) is 4.74 Å².